The Balaban J connectivity index is 1.64. The minimum atomic E-state index is 0.741. The summed E-state index contributed by atoms with van der Waals surface area (Å²) in [6, 6.07) is 14.6. The quantitative estimate of drug-likeness (QED) is 0.789. The number of rotatable bonds is 4. The fourth-order valence-electron chi connectivity index (χ4n) is 2.63. The zero-order valence-corrected chi connectivity index (χ0v) is 14.1. The van der Waals surface area contributed by atoms with Crippen LogP contribution in [0.5, 0.6) is 0 Å². The van der Waals surface area contributed by atoms with Gasteiger partial charge in [0, 0.05) is 34.8 Å². The van der Waals surface area contributed by atoms with Gasteiger partial charge in [-0.3, -0.25) is 0 Å². The molecule has 110 valence electrons. The summed E-state index contributed by atoms with van der Waals surface area (Å²) in [5.41, 5.74) is 3.62. The summed E-state index contributed by atoms with van der Waals surface area (Å²) in [6.45, 7) is 3.17. The van der Waals surface area contributed by atoms with Crippen LogP contribution in [0.3, 0.4) is 0 Å². The van der Waals surface area contributed by atoms with Crippen LogP contribution in [0.4, 0.5) is 11.4 Å². The zero-order chi connectivity index (χ0) is 14.7. The number of hydrogen-bond acceptors (Lipinski definition) is 2. The molecule has 0 amide bonds. The van der Waals surface area contributed by atoms with E-state index < -0.39 is 0 Å². The highest BCUT2D eigenvalue weighted by Gasteiger charge is 2.11. The summed E-state index contributed by atoms with van der Waals surface area (Å²) >= 11 is 9.56. The lowest BCUT2D eigenvalue weighted by Crippen LogP contribution is -2.17. The lowest BCUT2D eigenvalue weighted by Gasteiger charge is -2.18. The second-order valence-corrected chi connectivity index (χ2v) is 6.63. The predicted octanol–water partition coefficient (Wildman–Crippen LogP) is 5.31. The van der Waals surface area contributed by atoms with Crippen molar-refractivity contribution in [2.24, 2.45) is 0 Å². The highest BCUT2D eigenvalue weighted by molar-refractivity contribution is 9.10. The van der Waals surface area contributed by atoms with Crippen molar-refractivity contribution in [2.75, 3.05) is 23.3 Å². The molecule has 1 aliphatic rings. The van der Waals surface area contributed by atoms with Crippen LogP contribution in [0.25, 0.3) is 0 Å². The summed E-state index contributed by atoms with van der Waals surface area (Å²) in [5, 5.41) is 4.15. The van der Waals surface area contributed by atoms with Crippen LogP contribution >= 0.6 is 27.5 Å². The molecule has 2 aromatic rings. The number of nitrogens with one attached hydrogen (secondary N) is 1. The standard InChI is InChI=1S/C17H18BrClN2/c18-16-8-5-14(19)11-17(16)20-12-13-3-6-15(7-4-13)21-9-1-2-10-21/h3-8,11,20H,1-2,9-10,12H2. The second-order valence-electron chi connectivity index (χ2n) is 5.34. The Kier molecular flexibility index (Phi) is 4.71. The van der Waals surface area contributed by atoms with Gasteiger partial charge in [0.2, 0.25) is 0 Å². The summed E-state index contributed by atoms with van der Waals surface area (Å²) in [5.74, 6) is 0. The van der Waals surface area contributed by atoms with Crippen LogP contribution < -0.4 is 10.2 Å². The van der Waals surface area contributed by atoms with Crippen molar-refractivity contribution in [3.05, 3.63) is 57.5 Å². The average Bonchev–Trinajstić information content (AvgIpc) is 3.03. The second kappa shape index (κ2) is 6.71. The molecule has 1 N–H and O–H groups in total. The van der Waals surface area contributed by atoms with Crippen molar-refractivity contribution in [1.82, 2.24) is 0 Å². The predicted molar refractivity (Wildman–Crippen MR) is 94.4 cm³/mol. The molecule has 0 radical (unpaired) electrons. The molecule has 0 saturated carbocycles. The van der Waals surface area contributed by atoms with E-state index >= 15 is 0 Å². The first kappa shape index (κ1) is 14.7. The maximum absolute atomic E-state index is 6.03. The Morgan fingerprint density at radius 2 is 1.76 bits per heavy atom. The number of anilines is 2. The monoisotopic (exact) mass is 364 g/mol. The molecule has 0 bridgehead atoms. The van der Waals surface area contributed by atoms with Gasteiger partial charge in [0.25, 0.3) is 0 Å². The van der Waals surface area contributed by atoms with Crippen molar-refractivity contribution >= 4 is 38.9 Å². The molecule has 3 rings (SSSR count). The average molecular weight is 366 g/mol. The number of nitrogens with zero attached hydrogens (tertiary/aromatic N) is 1. The van der Waals surface area contributed by atoms with Crippen molar-refractivity contribution in [2.45, 2.75) is 19.4 Å². The molecule has 0 unspecified atom stereocenters. The molecule has 0 spiro atoms. The fourth-order valence-corrected chi connectivity index (χ4v) is 3.19. The van der Waals surface area contributed by atoms with Crippen molar-refractivity contribution in [1.29, 1.82) is 0 Å². The largest absolute Gasteiger partial charge is 0.380 e. The van der Waals surface area contributed by atoms with Gasteiger partial charge in [0.05, 0.1) is 5.69 Å². The van der Waals surface area contributed by atoms with Crippen LogP contribution in [0, 0.1) is 0 Å². The molecular formula is C17H18BrClN2. The van der Waals surface area contributed by atoms with Gasteiger partial charge in [0.15, 0.2) is 0 Å². The van der Waals surface area contributed by atoms with E-state index in [9.17, 15) is 0 Å². The third-order valence-electron chi connectivity index (χ3n) is 3.82. The van der Waals surface area contributed by atoms with Gasteiger partial charge in [-0.2, -0.15) is 0 Å². The molecule has 1 fully saturated rings. The summed E-state index contributed by atoms with van der Waals surface area (Å²) in [4.78, 5) is 2.45. The minimum Gasteiger partial charge on any atom is -0.380 e. The Hall–Kier alpha value is -1.19. The summed E-state index contributed by atoms with van der Waals surface area (Å²) < 4.78 is 1.03. The van der Waals surface area contributed by atoms with Crippen molar-refractivity contribution < 1.29 is 0 Å². The van der Waals surface area contributed by atoms with Gasteiger partial charge in [-0.25, -0.2) is 0 Å². The molecule has 4 heteroatoms. The lowest BCUT2D eigenvalue weighted by atomic mass is 10.2. The Morgan fingerprint density at radius 1 is 1.05 bits per heavy atom. The first-order valence-corrected chi connectivity index (χ1v) is 8.42. The van der Waals surface area contributed by atoms with Gasteiger partial charge in [-0.1, -0.05) is 23.7 Å². The molecule has 21 heavy (non-hydrogen) atoms. The molecule has 0 atom stereocenters. The molecule has 1 saturated heterocycles. The third-order valence-corrected chi connectivity index (χ3v) is 4.75. The van der Waals surface area contributed by atoms with Crippen LogP contribution in [-0.2, 0) is 6.54 Å². The SMILES string of the molecule is Clc1ccc(Br)c(NCc2ccc(N3CCCC3)cc2)c1. The van der Waals surface area contributed by atoms with E-state index in [2.05, 4.69) is 50.4 Å². The highest BCUT2D eigenvalue weighted by atomic mass is 79.9. The van der Waals surface area contributed by atoms with E-state index in [1.807, 2.05) is 18.2 Å². The van der Waals surface area contributed by atoms with Crippen LogP contribution in [0.1, 0.15) is 18.4 Å². The Labute approximate surface area is 139 Å². The van der Waals surface area contributed by atoms with Crippen molar-refractivity contribution in [3.63, 3.8) is 0 Å². The lowest BCUT2D eigenvalue weighted by molar-refractivity contribution is 0.949. The molecule has 0 aromatic heterocycles. The first-order chi connectivity index (χ1) is 10.2. The van der Waals surface area contributed by atoms with Crippen molar-refractivity contribution in [3.8, 4) is 0 Å². The molecule has 0 aliphatic carbocycles. The van der Waals surface area contributed by atoms with E-state index in [0.29, 0.717) is 0 Å². The van der Waals surface area contributed by atoms with E-state index in [0.717, 1.165) is 21.7 Å². The smallest absolute Gasteiger partial charge is 0.0502 e. The first-order valence-electron chi connectivity index (χ1n) is 7.25. The number of halogens is 2. The Bertz CT molecular complexity index is 607. The van der Waals surface area contributed by atoms with E-state index in [1.54, 1.807) is 0 Å². The normalized spacial score (nSPS) is 14.5. The molecule has 1 aliphatic heterocycles. The van der Waals surface area contributed by atoms with Crippen LogP contribution in [0.2, 0.25) is 5.02 Å². The minimum absolute atomic E-state index is 0.741. The van der Waals surface area contributed by atoms with E-state index in [4.69, 9.17) is 11.6 Å². The topological polar surface area (TPSA) is 15.3 Å². The zero-order valence-electron chi connectivity index (χ0n) is 11.8. The number of benzene rings is 2. The molecule has 2 nitrogen and oxygen atoms in total. The van der Waals surface area contributed by atoms with Gasteiger partial charge < -0.3 is 10.2 Å². The third kappa shape index (κ3) is 3.72. The van der Waals surface area contributed by atoms with Gasteiger partial charge in [0.1, 0.15) is 0 Å². The van der Waals surface area contributed by atoms with E-state index in [1.165, 1.54) is 37.2 Å². The molecule has 1 heterocycles. The fraction of sp³-hybridized carbons (Fsp3) is 0.294. The maximum atomic E-state index is 6.03. The molecule has 2 aromatic carbocycles. The highest BCUT2D eigenvalue weighted by Crippen LogP contribution is 2.26. The summed E-state index contributed by atoms with van der Waals surface area (Å²) in [7, 11) is 0. The van der Waals surface area contributed by atoms with Gasteiger partial charge in [-0.15, -0.1) is 0 Å². The van der Waals surface area contributed by atoms with Gasteiger partial charge in [-0.05, 0) is 64.7 Å². The molecular weight excluding hydrogens is 348 g/mol. The van der Waals surface area contributed by atoms with Crippen LogP contribution in [-0.4, -0.2) is 13.1 Å². The summed E-state index contributed by atoms with van der Waals surface area (Å²) in [6.07, 6.45) is 2.62. The van der Waals surface area contributed by atoms with Gasteiger partial charge >= 0.3 is 0 Å². The number of hydrogen-bond donors (Lipinski definition) is 1. The van der Waals surface area contributed by atoms with Crippen LogP contribution in [0.15, 0.2) is 46.9 Å². The Morgan fingerprint density at radius 3 is 2.48 bits per heavy atom. The maximum Gasteiger partial charge on any atom is 0.0502 e. The van der Waals surface area contributed by atoms with E-state index in [-0.39, 0.29) is 0 Å².